The van der Waals surface area contributed by atoms with E-state index >= 15 is 0 Å². The summed E-state index contributed by atoms with van der Waals surface area (Å²) in [5.41, 5.74) is 6.21. The first-order chi connectivity index (χ1) is 9.45. The molecule has 0 saturated carbocycles. The molecule has 0 amide bonds. The van der Waals surface area contributed by atoms with Gasteiger partial charge < -0.3 is 5.73 Å². The van der Waals surface area contributed by atoms with Crippen molar-refractivity contribution in [1.29, 1.82) is 0 Å². The molecule has 0 aliphatic carbocycles. The maximum absolute atomic E-state index is 11.7. The minimum atomic E-state index is -3.75. The van der Waals surface area contributed by atoms with E-state index in [1.807, 2.05) is 12.1 Å². The highest BCUT2D eigenvalue weighted by Crippen LogP contribution is 2.31. The second-order valence-corrected chi connectivity index (χ2v) is 6.61. The number of hydrogen-bond donors (Lipinski definition) is 2. The van der Waals surface area contributed by atoms with E-state index in [1.54, 1.807) is 12.1 Å². The number of halogens is 1. The summed E-state index contributed by atoms with van der Waals surface area (Å²) in [6, 6.07) is 8.69. The summed E-state index contributed by atoms with van der Waals surface area (Å²) in [7, 11) is -3.75. The van der Waals surface area contributed by atoms with E-state index in [-0.39, 0.29) is 4.90 Å². The fourth-order valence-corrected chi connectivity index (χ4v) is 3.38. The lowest BCUT2D eigenvalue weighted by Gasteiger charge is -2.12. The summed E-state index contributed by atoms with van der Waals surface area (Å²) in [6.45, 7) is 0.580. The van der Waals surface area contributed by atoms with Crippen LogP contribution in [0.2, 0.25) is 5.02 Å². The number of fused-ring (bicyclic) bond motifs is 1. The number of unbranched alkanes of at least 4 members (excludes halogenated alkanes) is 1. The van der Waals surface area contributed by atoms with Gasteiger partial charge in [-0.05, 0) is 48.9 Å². The number of hydrogen-bond acceptors (Lipinski definition) is 3. The third-order valence-electron chi connectivity index (χ3n) is 3.26. The number of sulfonamides is 1. The smallest absolute Gasteiger partial charge is 0.238 e. The van der Waals surface area contributed by atoms with Crippen LogP contribution in [0.3, 0.4) is 0 Å². The molecule has 6 heteroatoms. The molecule has 108 valence electrons. The topological polar surface area (TPSA) is 86.2 Å². The zero-order valence-electron chi connectivity index (χ0n) is 11.0. The van der Waals surface area contributed by atoms with Crippen LogP contribution in [0.5, 0.6) is 0 Å². The van der Waals surface area contributed by atoms with Crippen LogP contribution in [0, 0.1) is 0 Å². The summed E-state index contributed by atoms with van der Waals surface area (Å²) >= 11 is 6.16. The molecular formula is C14H17ClN2O2S. The average Bonchev–Trinajstić information content (AvgIpc) is 2.38. The molecule has 0 fully saturated rings. The first-order valence-corrected chi connectivity index (χ1v) is 8.30. The predicted molar refractivity (Wildman–Crippen MR) is 82.3 cm³/mol. The van der Waals surface area contributed by atoms with Crippen molar-refractivity contribution in [3.05, 3.63) is 40.9 Å². The maximum Gasteiger partial charge on any atom is 0.238 e. The van der Waals surface area contributed by atoms with Gasteiger partial charge in [-0.15, -0.1) is 0 Å². The third-order valence-corrected chi connectivity index (χ3v) is 4.59. The van der Waals surface area contributed by atoms with Crippen molar-refractivity contribution in [2.75, 3.05) is 6.54 Å². The first-order valence-electron chi connectivity index (χ1n) is 6.38. The Hall–Kier alpha value is -1.14. The van der Waals surface area contributed by atoms with Crippen LogP contribution >= 0.6 is 11.6 Å². The summed E-state index contributed by atoms with van der Waals surface area (Å²) < 4.78 is 23.5. The van der Waals surface area contributed by atoms with Crippen LogP contribution in [-0.2, 0) is 16.4 Å². The van der Waals surface area contributed by atoms with Gasteiger partial charge in [0.2, 0.25) is 10.0 Å². The standard InChI is InChI=1S/C14H17ClN2O2S/c15-13-6-3-5-10-11(13)7-8-14(20(17,18)19)12(10)4-1-2-9-16/h3,5-8H,1-2,4,9,16H2,(H2,17,18,19). The fourth-order valence-electron chi connectivity index (χ4n) is 2.33. The Bertz CT molecular complexity index is 729. The Morgan fingerprint density at radius 1 is 1.05 bits per heavy atom. The molecular weight excluding hydrogens is 296 g/mol. The van der Waals surface area contributed by atoms with Crippen molar-refractivity contribution in [3.8, 4) is 0 Å². The van der Waals surface area contributed by atoms with Gasteiger partial charge in [0.1, 0.15) is 0 Å². The van der Waals surface area contributed by atoms with Crippen molar-refractivity contribution in [2.24, 2.45) is 10.9 Å². The molecule has 0 heterocycles. The minimum Gasteiger partial charge on any atom is -0.330 e. The zero-order chi connectivity index (χ0) is 14.8. The maximum atomic E-state index is 11.7. The van der Waals surface area contributed by atoms with Crippen molar-refractivity contribution in [1.82, 2.24) is 0 Å². The quantitative estimate of drug-likeness (QED) is 0.831. The lowest BCUT2D eigenvalue weighted by atomic mass is 10.00. The van der Waals surface area contributed by atoms with Gasteiger partial charge in [-0.25, -0.2) is 13.6 Å². The van der Waals surface area contributed by atoms with Gasteiger partial charge in [0.15, 0.2) is 0 Å². The number of primary sulfonamides is 1. The molecule has 0 aliphatic heterocycles. The van der Waals surface area contributed by atoms with Crippen LogP contribution in [-0.4, -0.2) is 15.0 Å². The Labute approximate surface area is 123 Å². The molecule has 0 spiro atoms. The largest absolute Gasteiger partial charge is 0.330 e. The van der Waals surface area contributed by atoms with E-state index < -0.39 is 10.0 Å². The van der Waals surface area contributed by atoms with Crippen LogP contribution in [0.25, 0.3) is 10.8 Å². The SMILES string of the molecule is NCCCCc1c(S(N)(=O)=O)ccc2c(Cl)cccc12. The Balaban J connectivity index is 2.65. The van der Waals surface area contributed by atoms with Gasteiger partial charge in [-0.3, -0.25) is 0 Å². The number of benzene rings is 2. The average molecular weight is 313 g/mol. The number of rotatable bonds is 5. The highest BCUT2D eigenvalue weighted by Gasteiger charge is 2.17. The monoisotopic (exact) mass is 312 g/mol. The lowest BCUT2D eigenvalue weighted by molar-refractivity contribution is 0.596. The summed E-state index contributed by atoms with van der Waals surface area (Å²) in [5, 5.41) is 7.58. The molecule has 20 heavy (non-hydrogen) atoms. The van der Waals surface area contributed by atoms with E-state index in [2.05, 4.69) is 0 Å². The minimum absolute atomic E-state index is 0.171. The van der Waals surface area contributed by atoms with Crippen molar-refractivity contribution in [2.45, 2.75) is 24.2 Å². The Morgan fingerprint density at radius 3 is 2.45 bits per heavy atom. The van der Waals surface area contributed by atoms with Crippen LogP contribution in [0.1, 0.15) is 18.4 Å². The first kappa shape index (κ1) is 15.3. The van der Waals surface area contributed by atoms with Gasteiger partial charge in [0.25, 0.3) is 0 Å². The van der Waals surface area contributed by atoms with Gasteiger partial charge in [-0.2, -0.15) is 0 Å². The second-order valence-electron chi connectivity index (χ2n) is 4.67. The Kier molecular flexibility index (Phi) is 4.65. The molecule has 0 atom stereocenters. The predicted octanol–water partition coefficient (Wildman–Crippen LogP) is 2.42. The van der Waals surface area contributed by atoms with E-state index in [0.29, 0.717) is 18.0 Å². The van der Waals surface area contributed by atoms with E-state index in [0.717, 1.165) is 29.2 Å². The molecule has 2 rings (SSSR count). The lowest BCUT2D eigenvalue weighted by Crippen LogP contribution is -2.15. The molecule has 0 bridgehead atoms. The van der Waals surface area contributed by atoms with E-state index in [9.17, 15) is 8.42 Å². The van der Waals surface area contributed by atoms with Crippen LogP contribution in [0.15, 0.2) is 35.2 Å². The Morgan fingerprint density at radius 2 is 1.80 bits per heavy atom. The van der Waals surface area contributed by atoms with Gasteiger partial charge in [-0.1, -0.05) is 29.8 Å². The summed E-state index contributed by atoms with van der Waals surface area (Å²) in [5.74, 6) is 0. The highest BCUT2D eigenvalue weighted by molar-refractivity contribution is 7.89. The molecule has 0 saturated heterocycles. The normalized spacial score (nSPS) is 11.9. The number of nitrogens with two attached hydrogens (primary N) is 2. The molecule has 0 aromatic heterocycles. The van der Waals surface area contributed by atoms with Crippen molar-refractivity contribution in [3.63, 3.8) is 0 Å². The van der Waals surface area contributed by atoms with Crippen molar-refractivity contribution < 1.29 is 8.42 Å². The van der Waals surface area contributed by atoms with Gasteiger partial charge in [0, 0.05) is 10.4 Å². The number of aryl methyl sites for hydroxylation is 1. The molecule has 0 aliphatic rings. The van der Waals surface area contributed by atoms with Gasteiger partial charge >= 0.3 is 0 Å². The molecule has 2 aromatic rings. The van der Waals surface area contributed by atoms with Gasteiger partial charge in [0.05, 0.1) is 4.90 Å². The second kappa shape index (κ2) is 6.10. The molecule has 2 aromatic carbocycles. The van der Waals surface area contributed by atoms with Crippen molar-refractivity contribution >= 4 is 32.4 Å². The molecule has 0 unspecified atom stereocenters. The molecule has 4 N–H and O–H groups in total. The fraction of sp³-hybridized carbons (Fsp3) is 0.286. The summed E-state index contributed by atoms with van der Waals surface area (Å²) in [4.78, 5) is 0.171. The highest BCUT2D eigenvalue weighted by atomic mass is 35.5. The van der Waals surface area contributed by atoms with E-state index in [4.69, 9.17) is 22.5 Å². The third kappa shape index (κ3) is 3.12. The van der Waals surface area contributed by atoms with Crippen LogP contribution in [0.4, 0.5) is 0 Å². The zero-order valence-corrected chi connectivity index (χ0v) is 12.5. The van der Waals surface area contributed by atoms with Crippen LogP contribution < -0.4 is 10.9 Å². The summed E-state index contributed by atoms with van der Waals surface area (Å²) in [6.07, 6.45) is 2.26. The molecule has 4 nitrogen and oxygen atoms in total. The van der Waals surface area contributed by atoms with E-state index in [1.165, 1.54) is 6.07 Å². The molecule has 0 radical (unpaired) electrons.